The van der Waals surface area contributed by atoms with Gasteiger partial charge < -0.3 is 5.32 Å². The first-order valence-electron chi connectivity index (χ1n) is 7.11. The zero-order chi connectivity index (χ0) is 16.3. The number of amides is 1. The Bertz CT molecular complexity index is 763. The molecule has 2 heterocycles. The van der Waals surface area contributed by atoms with E-state index in [0.29, 0.717) is 29.2 Å². The van der Waals surface area contributed by atoms with Gasteiger partial charge in [0.2, 0.25) is 0 Å². The van der Waals surface area contributed by atoms with Gasteiger partial charge in [0.1, 0.15) is 17.1 Å². The van der Waals surface area contributed by atoms with Crippen LogP contribution in [0.25, 0.3) is 0 Å². The van der Waals surface area contributed by atoms with E-state index in [9.17, 15) is 14.4 Å². The van der Waals surface area contributed by atoms with Crippen molar-refractivity contribution < 1.29 is 9.18 Å². The van der Waals surface area contributed by atoms with Gasteiger partial charge in [-0.3, -0.25) is 4.79 Å². The second kappa shape index (κ2) is 6.69. The highest BCUT2D eigenvalue weighted by atomic mass is 32.2. The van der Waals surface area contributed by atoms with Crippen LogP contribution in [0.1, 0.15) is 27.5 Å². The molecule has 1 fully saturated rings. The van der Waals surface area contributed by atoms with Crippen LogP contribution in [0.4, 0.5) is 4.39 Å². The molecule has 1 N–H and O–H groups in total. The highest BCUT2D eigenvalue weighted by Gasteiger charge is 2.36. The standard InChI is InChI=1S/C16H14FN3OS2/c17-12-4-2-1-3-11(12)7-14-19-13(8-23-14)15(21)20-16(9-18)5-6-22-10-16/h1-4,8H,5-7,10H2,(H,20,21). The number of rotatable bonds is 4. The van der Waals surface area contributed by atoms with Gasteiger partial charge in [-0.15, -0.1) is 11.3 Å². The molecule has 0 bridgehead atoms. The fraction of sp³-hybridized carbons (Fsp3) is 0.312. The summed E-state index contributed by atoms with van der Waals surface area (Å²) >= 11 is 2.97. The molecule has 1 amide bonds. The predicted molar refractivity (Wildman–Crippen MR) is 89.1 cm³/mol. The molecule has 118 valence electrons. The van der Waals surface area contributed by atoms with Crippen molar-refractivity contribution >= 4 is 29.0 Å². The predicted octanol–water partition coefficient (Wildman–Crippen LogP) is 3.00. The minimum atomic E-state index is -0.795. The van der Waals surface area contributed by atoms with Crippen molar-refractivity contribution in [1.82, 2.24) is 10.3 Å². The van der Waals surface area contributed by atoms with Gasteiger partial charge in [-0.25, -0.2) is 9.37 Å². The molecule has 23 heavy (non-hydrogen) atoms. The Kier molecular flexibility index (Phi) is 4.64. The van der Waals surface area contributed by atoms with Gasteiger partial charge in [0.15, 0.2) is 0 Å². The van der Waals surface area contributed by atoms with Crippen LogP contribution in [0.15, 0.2) is 29.6 Å². The summed E-state index contributed by atoms with van der Waals surface area (Å²) < 4.78 is 13.7. The first-order valence-corrected chi connectivity index (χ1v) is 9.15. The van der Waals surface area contributed by atoms with Gasteiger partial charge in [-0.05, 0) is 23.8 Å². The summed E-state index contributed by atoms with van der Waals surface area (Å²) in [5.74, 6) is 0.843. The number of carbonyl (C=O) groups excluding carboxylic acids is 1. The van der Waals surface area contributed by atoms with E-state index >= 15 is 0 Å². The average molecular weight is 347 g/mol. The normalized spacial score (nSPS) is 20.2. The molecule has 1 saturated heterocycles. The maximum Gasteiger partial charge on any atom is 0.272 e. The smallest absolute Gasteiger partial charge is 0.272 e. The van der Waals surface area contributed by atoms with Crippen molar-refractivity contribution in [2.75, 3.05) is 11.5 Å². The molecule has 1 aliphatic rings. The Hall–Kier alpha value is -1.91. The number of thiazole rings is 1. The lowest BCUT2D eigenvalue weighted by atomic mass is 10.0. The molecule has 0 saturated carbocycles. The Labute approximate surface area is 141 Å². The first-order chi connectivity index (χ1) is 11.1. The zero-order valence-electron chi connectivity index (χ0n) is 12.2. The Morgan fingerprint density at radius 2 is 2.30 bits per heavy atom. The Morgan fingerprint density at radius 3 is 3.00 bits per heavy atom. The SMILES string of the molecule is N#CC1(NC(=O)c2csc(Cc3ccccc3F)n2)CCSC1. The highest BCUT2D eigenvalue weighted by molar-refractivity contribution is 7.99. The third-order valence-corrected chi connectivity index (χ3v) is 5.71. The first kappa shape index (κ1) is 16.0. The number of halogens is 1. The zero-order valence-corrected chi connectivity index (χ0v) is 13.8. The maximum absolute atomic E-state index is 13.7. The summed E-state index contributed by atoms with van der Waals surface area (Å²) in [5.41, 5.74) is 0.0409. The van der Waals surface area contributed by atoms with Gasteiger partial charge in [-0.1, -0.05) is 18.2 Å². The topological polar surface area (TPSA) is 65.8 Å². The van der Waals surface area contributed by atoms with E-state index in [1.54, 1.807) is 35.3 Å². The minimum absolute atomic E-state index is 0.278. The van der Waals surface area contributed by atoms with Gasteiger partial charge in [0, 0.05) is 17.6 Å². The molecule has 1 aromatic carbocycles. The van der Waals surface area contributed by atoms with E-state index in [1.165, 1.54) is 17.4 Å². The summed E-state index contributed by atoms with van der Waals surface area (Å²) in [4.78, 5) is 16.6. The van der Waals surface area contributed by atoms with Crippen molar-refractivity contribution in [3.05, 3.63) is 51.7 Å². The molecular formula is C16H14FN3OS2. The molecule has 0 spiro atoms. The van der Waals surface area contributed by atoms with Crippen LogP contribution in [0, 0.1) is 17.1 Å². The van der Waals surface area contributed by atoms with E-state index in [2.05, 4.69) is 16.4 Å². The number of nitrogens with zero attached hydrogens (tertiary/aromatic N) is 2. The fourth-order valence-electron chi connectivity index (χ4n) is 2.36. The van der Waals surface area contributed by atoms with Gasteiger partial charge in [0.25, 0.3) is 5.91 Å². The number of aromatic nitrogens is 1. The van der Waals surface area contributed by atoms with E-state index < -0.39 is 5.54 Å². The van der Waals surface area contributed by atoms with E-state index in [-0.39, 0.29) is 17.4 Å². The van der Waals surface area contributed by atoms with E-state index in [1.807, 2.05) is 0 Å². The summed E-state index contributed by atoms with van der Waals surface area (Å²) in [5, 5.41) is 14.4. The number of hydrogen-bond donors (Lipinski definition) is 1. The summed E-state index contributed by atoms with van der Waals surface area (Å²) in [6.45, 7) is 0. The monoisotopic (exact) mass is 347 g/mol. The molecule has 0 radical (unpaired) electrons. The van der Waals surface area contributed by atoms with Crippen LogP contribution >= 0.6 is 23.1 Å². The molecular weight excluding hydrogens is 333 g/mol. The Morgan fingerprint density at radius 1 is 1.48 bits per heavy atom. The summed E-state index contributed by atoms with van der Waals surface area (Å²) in [6.07, 6.45) is 0.996. The number of benzene rings is 1. The quantitative estimate of drug-likeness (QED) is 0.923. The molecule has 4 nitrogen and oxygen atoms in total. The second-order valence-corrected chi connectivity index (χ2v) is 7.39. The largest absolute Gasteiger partial charge is 0.332 e. The van der Waals surface area contributed by atoms with Crippen LogP contribution in [0.3, 0.4) is 0 Å². The van der Waals surface area contributed by atoms with E-state index in [0.717, 1.165) is 5.75 Å². The fourth-order valence-corrected chi connectivity index (χ4v) is 4.43. The van der Waals surface area contributed by atoms with Crippen LogP contribution in [-0.4, -0.2) is 27.9 Å². The number of carbonyl (C=O) groups is 1. The number of hydrogen-bond acceptors (Lipinski definition) is 5. The van der Waals surface area contributed by atoms with E-state index in [4.69, 9.17) is 0 Å². The van der Waals surface area contributed by atoms with Gasteiger partial charge in [0.05, 0.1) is 11.1 Å². The molecule has 1 aromatic heterocycles. The second-order valence-electron chi connectivity index (χ2n) is 5.35. The molecule has 7 heteroatoms. The van der Waals surface area contributed by atoms with Crippen molar-refractivity contribution in [1.29, 1.82) is 5.26 Å². The molecule has 0 aliphatic carbocycles. The molecule has 1 atom stereocenters. The summed E-state index contributed by atoms with van der Waals surface area (Å²) in [7, 11) is 0. The lowest BCUT2D eigenvalue weighted by Crippen LogP contribution is -2.47. The molecule has 1 aliphatic heterocycles. The van der Waals surface area contributed by atoms with Crippen LogP contribution in [-0.2, 0) is 6.42 Å². The molecule has 1 unspecified atom stereocenters. The lowest BCUT2D eigenvalue weighted by molar-refractivity contribution is 0.0921. The minimum Gasteiger partial charge on any atom is -0.332 e. The van der Waals surface area contributed by atoms with Gasteiger partial charge >= 0.3 is 0 Å². The Balaban J connectivity index is 1.71. The molecule has 2 aromatic rings. The third kappa shape index (κ3) is 3.54. The lowest BCUT2D eigenvalue weighted by Gasteiger charge is -2.20. The molecule has 3 rings (SSSR count). The maximum atomic E-state index is 13.7. The number of nitrogens with one attached hydrogen (secondary N) is 1. The number of nitriles is 1. The van der Waals surface area contributed by atoms with Crippen molar-refractivity contribution in [3.63, 3.8) is 0 Å². The third-order valence-electron chi connectivity index (χ3n) is 3.67. The summed E-state index contributed by atoms with van der Waals surface area (Å²) in [6, 6.07) is 8.73. The van der Waals surface area contributed by atoms with Crippen molar-refractivity contribution in [2.45, 2.75) is 18.4 Å². The van der Waals surface area contributed by atoms with Crippen molar-refractivity contribution in [2.24, 2.45) is 0 Å². The van der Waals surface area contributed by atoms with Gasteiger partial charge in [-0.2, -0.15) is 17.0 Å². The van der Waals surface area contributed by atoms with Crippen LogP contribution in [0.2, 0.25) is 0 Å². The number of thioether (sulfide) groups is 1. The van der Waals surface area contributed by atoms with Crippen LogP contribution < -0.4 is 5.32 Å². The highest BCUT2D eigenvalue weighted by Crippen LogP contribution is 2.27. The van der Waals surface area contributed by atoms with Crippen LogP contribution in [0.5, 0.6) is 0 Å². The van der Waals surface area contributed by atoms with Crippen molar-refractivity contribution in [3.8, 4) is 6.07 Å². The average Bonchev–Trinajstić information content (AvgIpc) is 3.20.